The summed E-state index contributed by atoms with van der Waals surface area (Å²) in [6.45, 7) is 2.17. The van der Waals surface area contributed by atoms with Crippen LogP contribution in [0.5, 0.6) is 0 Å². The van der Waals surface area contributed by atoms with E-state index in [4.69, 9.17) is 0 Å². The third-order valence-electron chi connectivity index (χ3n) is 4.62. The molecule has 0 spiro atoms. The molecule has 1 atom stereocenters. The van der Waals surface area contributed by atoms with Gasteiger partial charge in [-0.2, -0.15) is 0 Å². The fraction of sp³-hybridized carbons (Fsp3) is 0.273. The molecule has 0 aliphatic heterocycles. The molecule has 0 N–H and O–H groups in total. The van der Waals surface area contributed by atoms with Gasteiger partial charge in [0.2, 0.25) is 0 Å². The van der Waals surface area contributed by atoms with Crippen molar-refractivity contribution >= 4 is 10.8 Å². The second-order valence-electron chi connectivity index (χ2n) is 6.57. The van der Waals surface area contributed by atoms with Crippen molar-refractivity contribution in [1.29, 1.82) is 0 Å². The van der Waals surface area contributed by atoms with Crippen LogP contribution in [0.25, 0.3) is 10.8 Å². The highest BCUT2D eigenvalue weighted by atomic mass is 15.1. The van der Waals surface area contributed by atoms with E-state index in [-0.39, 0.29) is 0 Å². The maximum atomic E-state index is 2.33. The van der Waals surface area contributed by atoms with Gasteiger partial charge in [0.15, 0.2) is 0 Å². The van der Waals surface area contributed by atoms with E-state index in [1.165, 1.54) is 27.5 Å². The zero-order chi connectivity index (χ0) is 16.2. The SMILES string of the molecule is Cc1cccc(C(CCc2cccc3ccccc23)N(C)C)c1. The van der Waals surface area contributed by atoms with Crippen LogP contribution in [0.1, 0.15) is 29.2 Å². The molecule has 3 aromatic rings. The summed E-state index contributed by atoms with van der Waals surface area (Å²) < 4.78 is 0. The number of nitrogens with zero attached hydrogens (tertiary/aromatic N) is 1. The van der Waals surface area contributed by atoms with Gasteiger partial charge in [-0.25, -0.2) is 0 Å². The maximum Gasteiger partial charge on any atom is 0.0345 e. The lowest BCUT2D eigenvalue weighted by atomic mass is 9.94. The number of fused-ring (bicyclic) bond motifs is 1. The number of hydrogen-bond acceptors (Lipinski definition) is 1. The first kappa shape index (κ1) is 15.8. The Labute approximate surface area is 139 Å². The molecule has 0 fully saturated rings. The van der Waals surface area contributed by atoms with Gasteiger partial charge in [-0.05, 0) is 55.8 Å². The van der Waals surface area contributed by atoms with Gasteiger partial charge < -0.3 is 4.90 Å². The maximum absolute atomic E-state index is 2.33. The van der Waals surface area contributed by atoms with Gasteiger partial charge in [-0.1, -0.05) is 72.3 Å². The number of hydrogen-bond donors (Lipinski definition) is 0. The van der Waals surface area contributed by atoms with Gasteiger partial charge in [0.05, 0.1) is 0 Å². The summed E-state index contributed by atoms with van der Waals surface area (Å²) in [4.78, 5) is 2.33. The monoisotopic (exact) mass is 303 g/mol. The molecule has 0 aliphatic rings. The molecule has 0 aromatic heterocycles. The highest BCUT2D eigenvalue weighted by Crippen LogP contribution is 2.27. The molecule has 3 aromatic carbocycles. The molecule has 0 heterocycles. The standard InChI is InChI=1S/C22H25N/c1-17-8-6-12-20(16-17)22(23(2)3)15-14-19-11-7-10-18-9-4-5-13-21(18)19/h4-13,16,22H,14-15H2,1-3H3. The zero-order valence-electron chi connectivity index (χ0n) is 14.3. The third-order valence-corrected chi connectivity index (χ3v) is 4.62. The minimum absolute atomic E-state index is 0.453. The van der Waals surface area contributed by atoms with Crippen LogP contribution in [-0.2, 0) is 6.42 Å². The van der Waals surface area contributed by atoms with Gasteiger partial charge in [-0.15, -0.1) is 0 Å². The van der Waals surface area contributed by atoms with E-state index in [1.54, 1.807) is 0 Å². The van der Waals surface area contributed by atoms with E-state index in [1.807, 2.05) is 0 Å². The average Bonchev–Trinajstić information content (AvgIpc) is 2.55. The fourth-order valence-electron chi connectivity index (χ4n) is 3.40. The number of aryl methyl sites for hydroxylation is 2. The molecule has 0 saturated heterocycles. The third kappa shape index (κ3) is 3.62. The summed E-state index contributed by atoms with van der Waals surface area (Å²) in [5, 5.41) is 2.72. The summed E-state index contributed by atoms with van der Waals surface area (Å²) in [7, 11) is 4.35. The summed E-state index contributed by atoms with van der Waals surface area (Å²) in [5.41, 5.74) is 4.19. The van der Waals surface area contributed by atoms with E-state index < -0.39 is 0 Å². The molecule has 0 saturated carbocycles. The van der Waals surface area contributed by atoms with Crippen molar-refractivity contribution in [3.05, 3.63) is 83.4 Å². The highest BCUT2D eigenvalue weighted by Gasteiger charge is 2.14. The smallest absolute Gasteiger partial charge is 0.0345 e. The molecule has 3 rings (SSSR count). The molecule has 1 heteroatoms. The molecular formula is C22H25N. The molecule has 0 bridgehead atoms. The van der Waals surface area contributed by atoms with Gasteiger partial charge in [-0.3, -0.25) is 0 Å². The second kappa shape index (κ2) is 6.97. The normalized spacial score (nSPS) is 12.7. The topological polar surface area (TPSA) is 3.24 Å². The first-order valence-corrected chi connectivity index (χ1v) is 8.35. The average molecular weight is 303 g/mol. The van der Waals surface area contributed by atoms with E-state index >= 15 is 0 Å². The largest absolute Gasteiger partial charge is 0.302 e. The van der Waals surface area contributed by atoms with E-state index in [0.29, 0.717) is 6.04 Å². The van der Waals surface area contributed by atoms with E-state index in [2.05, 4.69) is 92.6 Å². The van der Waals surface area contributed by atoms with Crippen LogP contribution in [0, 0.1) is 6.92 Å². The van der Waals surface area contributed by atoms with Crippen LogP contribution in [0.15, 0.2) is 66.7 Å². The Morgan fingerprint density at radius 2 is 1.61 bits per heavy atom. The highest BCUT2D eigenvalue weighted by molar-refractivity contribution is 5.85. The van der Waals surface area contributed by atoms with Gasteiger partial charge in [0, 0.05) is 6.04 Å². The molecular weight excluding hydrogens is 278 g/mol. The Morgan fingerprint density at radius 3 is 2.39 bits per heavy atom. The Kier molecular flexibility index (Phi) is 4.78. The van der Waals surface area contributed by atoms with Gasteiger partial charge in [0.25, 0.3) is 0 Å². The first-order chi connectivity index (χ1) is 11.1. The van der Waals surface area contributed by atoms with Gasteiger partial charge >= 0.3 is 0 Å². The molecule has 23 heavy (non-hydrogen) atoms. The second-order valence-corrected chi connectivity index (χ2v) is 6.57. The Balaban J connectivity index is 1.84. The zero-order valence-corrected chi connectivity index (χ0v) is 14.3. The van der Waals surface area contributed by atoms with E-state index in [9.17, 15) is 0 Å². The van der Waals surface area contributed by atoms with Gasteiger partial charge in [0.1, 0.15) is 0 Å². The Morgan fingerprint density at radius 1 is 0.870 bits per heavy atom. The molecule has 1 unspecified atom stereocenters. The molecule has 0 aliphatic carbocycles. The van der Waals surface area contributed by atoms with E-state index in [0.717, 1.165) is 12.8 Å². The first-order valence-electron chi connectivity index (χ1n) is 8.35. The van der Waals surface area contributed by atoms with Crippen LogP contribution in [-0.4, -0.2) is 19.0 Å². The minimum atomic E-state index is 0.453. The van der Waals surface area contributed by atoms with Crippen molar-refractivity contribution in [1.82, 2.24) is 4.90 Å². The summed E-state index contributed by atoms with van der Waals surface area (Å²) in [6.07, 6.45) is 2.22. The number of benzene rings is 3. The van der Waals surface area contributed by atoms with Crippen molar-refractivity contribution in [3.8, 4) is 0 Å². The lowest BCUT2D eigenvalue weighted by Crippen LogP contribution is -2.20. The van der Waals surface area contributed by atoms with Crippen LogP contribution >= 0.6 is 0 Å². The fourth-order valence-corrected chi connectivity index (χ4v) is 3.40. The molecule has 1 nitrogen and oxygen atoms in total. The predicted octanol–water partition coefficient (Wildman–Crippen LogP) is 5.38. The molecule has 0 radical (unpaired) electrons. The lowest BCUT2D eigenvalue weighted by molar-refractivity contribution is 0.284. The number of rotatable bonds is 5. The summed E-state index contributed by atoms with van der Waals surface area (Å²) in [6, 6.07) is 24.7. The Hall–Kier alpha value is -2.12. The van der Waals surface area contributed by atoms with Crippen LogP contribution < -0.4 is 0 Å². The van der Waals surface area contributed by atoms with Crippen molar-refractivity contribution < 1.29 is 0 Å². The van der Waals surface area contributed by atoms with Crippen molar-refractivity contribution in [2.45, 2.75) is 25.8 Å². The minimum Gasteiger partial charge on any atom is -0.302 e. The van der Waals surface area contributed by atoms with Crippen LogP contribution in [0.3, 0.4) is 0 Å². The van der Waals surface area contributed by atoms with Crippen LogP contribution in [0.4, 0.5) is 0 Å². The predicted molar refractivity (Wildman–Crippen MR) is 99.9 cm³/mol. The van der Waals surface area contributed by atoms with Crippen molar-refractivity contribution in [2.24, 2.45) is 0 Å². The van der Waals surface area contributed by atoms with Crippen molar-refractivity contribution in [3.63, 3.8) is 0 Å². The molecule has 118 valence electrons. The quantitative estimate of drug-likeness (QED) is 0.611. The van der Waals surface area contributed by atoms with Crippen molar-refractivity contribution in [2.75, 3.05) is 14.1 Å². The summed E-state index contributed by atoms with van der Waals surface area (Å²) >= 11 is 0. The molecule has 0 amide bonds. The Bertz CT molecular complexity index is 783. The lowest BCUT2D eigenvalue weighted by Gasteiger charge is -2.25. The summed E-state index contributed by atoms with van der Waals surface area (Å²) in [5.74, 6) is 0. The van der Waals surface area contributed by atoms with Crippen LogP contribution in [0.2, 0.25) is 0 Å².